The molecule has 1 amide bonds. The number of anilines is 1. The summed E-state index contributed by atoms with van der Waals surface area (Å²) in [5.74, 6) is 1.24. The lowest BCUT2D eigenvalue weighted by Gasteiger charge is -2.05. The van der Waals surface area contributed by atoms with E-state index in [1.165, 1.54) is 5.56 Å². The van der Waals surface area contributed by atoms with Gasteiger partial charge in [-0.2, -0.15) is 0 Å². The molecule has 0 aliphatic carbocycles. The summed E-state index contributed by atoms with van der Waals surface area (Å²) in [6.07, 6.45) is 3.71. The summed E-state index contributed by atoms with van der Waals surface area (Å²) >= 11 is 5.90. The maximum atomic E-state index is 12.5. The average molecular weight is 451 g/mol. The van der Waals surface area contributed by atoms with Crippen LogP contribution >= 0.6 is 11.6 Å². The molecule has 0 saturated heterocycles. The van der Waals surface area contributed by atoms with Crippen LogP contribution in [0.2, 0.25) is 5.02 Å². The number of carbonyl (C=O) groups excluding carboxylic acids is 1. The van der Waals surface area contributed by atoms with Crippen LogP contribution in [0, 0.1) is 0 Å². The molecule has 0 atom stereocenters. The molecule has 0 fully saturated rings. The van der Waals surface area contributed by atoms with Crippen molar-refractivity contribution in [3.05, 3.63) is 94.7 Å². The van der Waals surface area contributed by atoms with Crippen molar-refractivity contribution in [3.63, 3.8) is 0 Å². The van der Waals surface area contributed by atoms with E-state index >= 15 is 0 Å². The number of hydrogen-bond donors (Lipinski definition) is 1. The number of aromatic nitrogens is 3. The lowest BCUT2D eigenvalue weighted by Crippen LogP contribution is -2.12. The molecule has 0 aliphatic heterocycles. The molecule has 8 heteroatoms. The Hall–Kier alpha value is -3.58. The fourth-order valence-corrected chi connectivity index (χ4v) is 3.27. The number of aryl methyl sites for hydroxylation is 1. The van der Waals surface area contributed by atoms with E-state index in [4.69, 9.17) is 20.8 Å². The maximum absolute atomic E-state index is 12.5. The van der Waals surface area contributed by atoms with Crippen molar-refractivity contribution in [2.45, 2.75) is 32.9 Å². The van der Waals surface area contributed by atoms with Gasteiger partial charge in [-0.25, -0.2) is 9.67 Å². The van der Waals surface area contributed by atoms with Gasteiger partial charge in [-0.15, -0.1) is 5.10 Å². The number of nitrogens with one attached hydrogen (secondary N) is 1. The van der Waals surface area contributed by atoms with Crippen molar-refractivity contribution in [2.24, 2.45) is 0 Å². The molecule has 2 aromatic carbocycles. The number of furan rings is 1. The number of halogens is 1. The average Bonchev–Trinajstić information content (AvgIpc) is 3.45. The molecule has 1 N–H and O–H groups in total. The van der Waals surface area contributed by atoms with Gasteiger partial charge in [-0.05, 0) is 53.9 Å². The molecule has 0 aliphatic rings. The number of amides is 1. The highest BCUT2D eigenvalue weighted by Gasteiger charge is 2.14. The van der Waals surface area contributed by atoms with Crippen LogP contribution in [0.1, 0.15) is 40.8 Å². The Kier molecular flexibility index (Phi) is 6.87. The minimum atomic E-state index is -0.426. The third kappa shape index (κ3) is 5.76. The zero-order chi connectivity index (χ0) is 22.3. The number of hydrogen-bond acceptors (Lipinski definition) is 5. The number of benzene rings is 2. The van der Waals surface area contributed by atoms with Crippen LogP contribution in [0.25, 0.3) is 0 Å². The molecular formula is C24H23ClN4O3. The molecule has 0 radical (unpaired) electrons. The van der Waals surface area contributed by atoms with Crippen LogP contribution in [-0.2, 0) is 19.6 Å². The Labute approximate surface area is 191 Å². The number of ether oxygens (including phenoxy) is 1. The molecule has 4 aromatic rings. The van der Waals surface area contributed by atoms with E-state index in [1.54, 1.807) is 23.1 Å². The summed E-state index contributed by atoms with van der Waals surface area (Å²) in [5, 5.41) is 7.59. The Morgan fingerprint density at radius 1 is 1.06 bits per heavy atom. The van der Waals surface area contributed by atoms with Crippen molar-refractivity contribution in [1.29, 1.82) is 0 Å². The van der Waals surface area contributed by atoms with Crippen LogP contribution in [0.15, 0.2) is 71.4 Å². The molecule has 164 valence electrons. The second-order valence-electron chi connectivity index (χ2n) is 7.29. The molecular weight excluding hydrogens is 428 g/mol. The largest absolute Gasteiger partial charge is 0.486 e. The zero-order valence-corrected chi connectivity index (χ0v) is 18.4. The van der Waals surface area contributed by atoms with Crippen LogP contribution in [-0.4, -0.2) is 20.7 Å². The second-order valence-corrected chi connectivity index (χ2v) is 7.73. The second kappa shape index (κ2) is 10.2. The van der Waals surface area contributed by atoms with Crippen molar-refractivity contribution >= 4 is 23.5 Å². The lowest BCUT2D eigenvalue weighted by atomic mass is 10.1. The third-order valence-electron chi connectivity index (χ3n) is 4.75. The zero-order valence-electron chi connectivity index (χ0n) is 17.6. The van der Waals surface area contributed by atoms with Crippen molar-refractivity contribution in [2.75, 3.05) is 5.32 Å². The summed E-state index contributed by atoms with van der Waals surface area (Å²) in [6, 6.07) is 18.8. The first-order valence-corrected chi connectivity index (χ1v) is 10.7. The number of nitrogens with zero attached hydrogens (tertiary/aromatic N) is 3. The lowest BCUT2D eigenvalue weighted by molar-refractivity contribution is 0.0991. The van der Waals surface area contributed by atoms with Crippen molar-refractivity contribution < 1.29 is 13.9 Å². The van der Waals surface area contributed by atoms with E-state index in [-0.39, 0.29) is 18.3 Å². The molecule has 0 spiro atoms. The van der Waals surface area contributed by atoms with E-state index in [0.29, 0.717) is 17.3 Å². The van der Waals surface area contributed by atoms with Crippen molar-refractivity contribution in [1.82, 2.24) is 14.8 Å². The molecule has 0 saturated carbocycles. The molecule has 2 aromatic heterocycles. The molecule has 0 bridgehead atoms. The molecule has 2 heterocycles. The Balaban J connectivity index is 1.30. The minimum absolute atomic E-state index is 0.163. The Morgan fingerprint density at radius 3 is 2.56 bits per heavy atom. The van der Waals surface area contributed by atoms with Gasteiger partial charge in [-0.3, -0.25) is 10.1 Å². The summed E-state index contributed by atoms with van der Waals surface area (Å²) in [6.45, 7) is 2.90. The van der Waals surface area contributed by atoms with E-state index in [2.05, 4.69) is 34.5 Å². The number of carbonyl (C=O) groups is 1. The third-order valence-corrected chi connectivity index (χ3v) is 5.00. The van der Waals surface area contributed by atoms with Gasteiger partial charge in [0.25, 0.3) is 5.91 Å². The van der Waals surface area contributed by atoms with Gasteiger partial charge < -0.3 is 9.15 Å². The normalized spacial score (nSPS) is 10.8. The summed E-state index contributed by atoms with van der Waals surface area (Å²) in [7, 11) is 0. The topological polar surface area (TPSA) is 82.2 Å². The summed E-state index contributed by atoms with van der Waals surface area (Å²) in [5.41, 5.74) is 2.30. The van der Waals surface area contributed by atoms with Crippen LogP contribution < -0.4 is 10.1 Å². The first kappa shape index (κ1) is 21.6. The van der Waals surface area contributed by atoms with E-state index in [0.717, 1.165) is 24.2 Å². The maximum Gasteiger partial charge on any atom is 0.293 e. The van der Waals surface area contributed by atoms with Crippen LogP contribution in [0.5, 0.6) is 5.75 Å². The Morgan fingerprint density at radius 2 is 1.81 bits per heavy atom. The standard InChI is InChI=1S/C24H23ClN4O3/c1-2-3-17-6-10-20(11-7-17)31-15-21-12-13-22(32-21)23(30)27-24-26-16-29(28-24)14-18-4-8-19(25)9-5-18/h4-13,16H,2-3,14-15H2,1H3,(H,27,28,30). The predicted octanol–water partition coefficient (Wildman–Crippen LogP) is 5.36. The van der Waals surface area contributed by atoms with Crippen LogP contribution in [0.3, 0.4) is 0 Å². The number of rotatable bonds is 9. The molecule has 32 heavy (non-hydrogen) atoms. The SMILES string of the molecule is CCCc1ccc(OCc2ccc(C(=O)Nc3ncn(Cc4ccc(Cl)cc4)n3)o2)cc1. The quantitative estimate of drug-likeness (QED) is 0.371. The summed E-state index contributed by atoms with van der Waals surface area (Å²) < 4.78 is 13.0. The van der Waals surface area contributed by atoms with Crippen LogP contribution in [0.4, 0.5) is 5.95 Å². The highest BCUT2D eigenvalue weighted by atomic mass is 35.5. The smallest absolute Gasteiger partial charge is 0.293 e. The van der Waals surface area contributed by atoms with E-state index in [9.17, 15) is 4.79 Å². The van der Waals surface area contributed by atoms with Crippen molar-refractivity contribution in [3.8, 4) is 5.75 Å². The van der Waals surface area contributed by atoms with Gasteiger partial charge >= 0.3 is 0 Å². The highest BCUT2D eigenvalue weighted by molar-refractivity contribution is 6.30. The van der Waals surface area contributed by atoms with Gasteiger partial charge in [0, 0.05) is 5.02 Å². The first-order valence-electron chi connectivity index (χ1n) is 10.3. The highest BCUT2D eigenvalue weighted by Crippen LogP contribution is 2.17. The monoisotopic (exact) mass is 450 g/mol. The van der Waals surface area contributed by atoms with Gasteiger partial charge in [0.2, 0.25) is 5.95 Å². The van der Waals surface area contributed by atoms with Gasteiger partial charge in [0.1, 0.15) is 24.4 Å². The molecule has 4 rings (SSSR count). The minimum Gasteiger partial charge on any atom is -0.486 e. The van der Waals surface area contributed by atoms with Gasteiger partial charge in [0.15, 0.2) is 5.76 Å². The summed E-state index contributed by atoms with van der Waals surface area (Å²) in [4.78, 5) is 16.6. The first-order chi connectivity index (χ1) is 15.6. The molecule has 7 nitrogen and oxygen atoms in total. The predicted molar refractivity (Wildman–Crippen MR) is 122 cm³/mol. The van der Waals surface area contributed by atoms with E-state index in [1.807, 2.05) is 36.4 Å². The Bertz CT molecular complexity index is 1170. The van der Waals surface area contributed by atoms with Gasteiger partial charge in [-0.1, -0.05) is 49.2 Å². The fourth-order valence-electron chi connectivity index (χ4n) is 3.14. The van der Waals surface area contributed by atoms with Gasteiger partial charge in [0.05, 0.1) is 6.54 Å². The van der Waals surface area contributed by atoms with E-state index < -0.39 is 5.91 Å². The molecule has 0 unspecified atom stereocenters. The fraction of sp³-hybridized carbons (Fsp3) is 0.208.